The van der Waals surface area contributed by atoms with Crippen molar-refractivity contribution in [3.8, 4) is 11.3 Å². The predicted molar refractivity (Wildman–Crippen MR) is 109 cm³/mol. The second-order valence-corrected chi connectivity index (χ2v) is 7.46. The molecule has 0 unspecified atom stereocenters. The smallest absolute Gasteiger partial charge is 0.325 e. The molecule has 31 heavy (non-hydrogen) atoms. The molecular formula is C23H21F2N3O3. The molecule has 1 fully saturated rings. The molecule has 160 valence electrons. The molecule has 3 aromatic rings. The number of oxazole rings is 1. The van der Waals surface area contributed by atoms with Crippen molar-refractivity contribution in [3.63, 3.8) is 0 Å². The Morgan fingerprint density at radius 1 is 1.03 bits per heavy atom. The summed E-state index contributed by atoms with van der Waals surface area (Å²) in [5.41, 5.74) is -0.101. The van der Waals surface area contributed by atoms with Gasteiger partial charge >= 0.3 is 6.03 Å². The van der Waals surface area contributed by atoms with Crippen LogP contribution in [0.4, 0.5) is 13.6 Å². The van der Waals surface area contributed by atoms with E-state index in [4.69, 9.17) is 4.42 Å². The van der Waals surface area contributed by atoms with Crippen LogP contribution in [-0.2, 0) is 16.9 Å². The normalized spacial score (nSPS) is 18.5. The molecule has 2 aromatic carbocycles. The molecule has 1 N–H and O–H groups in total. The first-order valence-electron chi connectivity index (χ1n) is 10.0. The molecule has 0 saturated carbocycles. The highest BCUT2D eigenvalue weighted by atomic mass is 19.1. The number of nitrogens with zero attached hydrogens (tertiary/aromatic N) is 2. The van der Waals surface area contributed by atoms with E-state index in [2.05, 4.69) is 10.3 Å². The van der Waals surface area contributed by atoms with E-state index in [-0.39, 0.29) is 18.3 Å². The highest BCUT2D eigenvalue weighted by Crippen LogP contribution is 2.35. The number of amides is 3. The zero-order valence-electron chi connectivity index (χ0n) is 16.9. The molecule has 3 amide bonds. The van der Waals surface area contributed by atoms with E-state index in [1.807, 2.05) is 6.92 Å². The van der Waals surface area contributed by atoms with Crippen LogP contribution in [0.5, 0.6) is 0 Å². The second kappa shape index (κ2) is 8.29. The van der Waals surface area contributed by atoms with Crippen molar-refractivity contribution in [1.82, 2.24) is 15.2 Å². The Morgan fingerprint density at radius 2 is 1.68 bits per heavy atom. The fraction of sp³-hybridized carbons (Fsp3) is 0.261. The number of carbonyl (C=O) groups is 2. The Morgan fingerprint density at radius 3 is 2.32 bits per heavy atom. The van der Waals surface area contributed by atoms with Crippen LogP contribution in [0.25, 0.3) is 11.3 Å². The van der Waals surface area contributed by atoms with Gasteiger partial charge < -0.3 is 9.73 Å². The average Bonchev–Trinajstić information content (AvgIpc) is 3.32. The molecule has 1 atom stereocenters. The van der Waals surface area contributed by atoms with Gasteiger partial charge in [-0.05, 0) is 48.4 Å². The Kier molecular flexibility index (Phi) is 5.54. The van der Waals surface area contributed by atoms with Gasteiger partial charge in [0, 0.05) is 5.56 Å². The first-order chi connectivity index (χ1) is 14.9. The molecule has 8 heteroatoms. The van der Waals surface area contributed by atoms with Crippen LogP contribution in [0.3, 0.4) is 0 Å². The summed E-state index contributed by atoms with van der Waals surface area (Å²) in [5.74, 6) is -0.645. The molecule has 0 bridgehead atoms. The third kappa shape index (κ3) is 3.93. The minimum atomic E-state index is -1.26. The lowest BCUT2D eigenvalue weighted by Crippen LogP contribution is -2.44. The highest BCUT2D eigenvalue weighted by molar-refractivity contribution is 6.07. The Hall–Kier alpha value is -3.55. The van der Waals surface area contributed by atoms with Crippen LogP contribution >= 0.6 is 0 Å². The maximum atomic E-state index is 13.4. The van der Waals surface area contributed by atoms with Gasteiger partial charge in [0.2, 0.25) is 5.89 Å². The van der Waals surface area contributed by atoms with Crippen molar-refractivity contribution in [3.05, 3.63) is 77.8 Å². The minimum Gasteiger partial charge on any atom is -0.439 e. The molecule has 2 heterocycles. The summed E-state index contributed by atoms with van der Waals surface area (Å²) in [6, 6.07) is 10.7. The number of hydrogen-bond donors (Lipinski definition) is 1. The van der Waals surface area contributed by atoms with Gasteiger partial charge in [-0.25, -0.2) is 18.6 Å². The van der Waals surface area contributed by atoms with E-state index in [1.165, 1.54) is 42.6 Å². The predicted octanol–water partition coefficient (Wildman–Crippen LogP) is 4.76. The van der Waals surface area contributed by atoms with Crippen molar-refractivity contribution in [2.75, 3.05) is 0 Å². The van der Waals surface area contributed by atoms with Crippen molar-refractivity contribution < 1.29 is 22.8 Å². The van der Waals surface area contributed by atoms with E-state index in [0.717, 1.165) is 11.3 Å². The number of carbonyl (C=O) groups excluding carboxylic acids is 2. The molecule has 1 aromatic heterocycles. The lowest BCUT2D eigenvalue weighted by Gasteiger charge is -2.27. The summed E-state index contributed by atoms with van der Waals surface area (Å²) in [6.07, 6.45) is 3.38. The third-order valence-electron chi connectivity index (χ3n) is 5.39. The lowest BCUT2D eigenvalue weighted by atomic mass is 9.85. The van der Waals surface area contributed by atoms with E-state index in [0.29, 0.717) is 29.7 Å². The van der Waals surface area contributed by atoms with Crippen molar-refractivity contribution >= 4 is 11.9 Å². The first kappa shape index (κ1) is 20.7. The molecule has 6 nitrogen and oxygen atoms in total. The van der Waals surface area contributed by atoms with Gasteiger partial charge in [-0.3, -0.25) is 9.69 Å². The van der Waals surface area contributed by atoms with Gasteiger partial charge in [-0.15, -0.1) is 0 Å². The fourth-order valence-electron chi connectivity index (χ4n) is 3.72. The maximum Gasteiger partial charge on any atom is 0.325 e. The van der Waals surface area contributed by atoms with Crippen LogP contribution in [0.1, 0.15) is 37.6 Å². The van der Waals surface area contributed by atoms with E-state index in [1.54, 1.807) is 12.1 Å². The molecule has 1 aliphatic rings. The number of nitrogens with one attached hydrogen (secondary N) is 1. The summed E-state index contributed by atoms with van der Waals surface area (Å²) < 4.78 is 32.2. The fourth-order valence-corrected chi connectivity index (χ4v) is 3.72. The van der Waals surface area contributed by atoms with E-state index in [9.17, 15) is 18.4 Å². The van der Waals surface area contributed by atoms with Gasteiger partial charge in [-0.2, -0.15) is 0 Å². The topological polar surface area (TPSA) is 75.4 Å². The number of imide groups is 1. The van der Waals surface area contributed by atoms with Gasteiger partial charge in [0.15, 0.2) is 5.76 Å². The standard InChI is InChI=1S/C23H21F2N3O3/c1-2-3-12-23(16-6-10-18(25)11-7-16)21(29)28(22(30)27-23)14-20-26-13-19(31-20)15-4-8-17(24)9-5-15/h4-11,13H,2-3,12,14H2,1H3,(H,27,30)/t23-/m1/s1. The summed E-state index contributed by atoms with van der Waals surface area (Å²) >= 11 is 0. The second-order valence-electron chi connectivity index (χ2n) is 7.46. The number of rotatable bonds is 7. The van der Waals surface area contributed by atoms with Crippen LogP contribution in [0.2, 0.25) is 0 Å². The van der Waals surface area contributed by atoms with Gasteiger partial charge in [0.05, 0.1) is 6.20 Å². The average molecular weight is 425 g/mol. The largest absolute Gasteiger partial charge is 0.439 e. The summed E-state index contributed by atoms with van der Waals surface area (Å²) in [5, 5.41) is 2.81. The molecule has 0 spiro atoms. The monoisotopic (exact) mass is 425 g/mol. The van der Waals surface area contributed by atoms with Gasteiger partial charge in [0.1, 0.15) is 23.7 Å². The Labute approximate surface area is 177 Å². The number of aromatic nitrogens is 1. The number of benzene rings is 2. The van der Waals surface area contributed by atoms with Crippen LogP contribution in [0, 0.1) is 11.6 Å². The summed E-state index contributed by atoms with van der Waals surface area (Å²) in [4.78, 5) is 31.3. The SMILES string of the molecule is CCCC[C@]1(c2ccc(F)cc2)NC(=O)N(Cc2ncc(-c3ccc(F)cc3)o2)C1=O. The first-order valence-corrected chi connectivity index (χ1v) is 10.0. The van der Waals surface area contributed by atoms with Gasteiger partial charge in [-0.1, -0.05) is 31.9 Å². The summed E-state index contributed by atoms with van der Waals surface area (Å²) in [7, 11) is 0. The molecular weight excluding hydrogens is 404 g/mol. The van der Waals surface area contributed by atoms with Gasteiger partial charge in [0.25, 0.3) is 5.91 Å². The number of halogens is 2. The third-order valence-corrected chi connectivity index (χ3v) is 5.39. The number of unbranched alkanes of at least 4 members (excludes halogenated alkanes) is 1. The highest BCUT2D eigenvalue weighted by Gasteiger charge is 2.52. The Bertz CT molecular complexity index is 1100. The molecule has 4 rings (SSSR count). The number of urea groups is 1. The molecule has 1 saturated heterocycles. The van der Waals surface area contributed by atoms with Crippen molar-refractivity contribution in [1.29, 1.82) is 0 Å². The maximum absolute atomic E-state index is 13.4. The van der Waals surface area contributed by atoms with Crippen molar-refractivity contribution in [2.45, 2.75) is 38.3 Å². The molecule has 1 aliphatic heterocycles. The lowest BCUT2D eigenvalue weighted by molar-refractivity contribution is -0.132. The number of hydrogen-bond acceptors (Lipinski definition) is 4. The van der Waals surface area contributed by atoms with Crippen LogP contribution < -0.4 is 5.32 Å². The van der Waals surface area contributed by atoms with Crippen LogP contribution in [0.15, 0.2) is 59.1 Å². The van der Waals surface area contributed by atoms with E-state index >= 15 is 0 Å². The zero-order valence-corrected chi connectivity index (χ0v) is 16.9. The Balaban J connectivity index is 1.59. The molecule has 0 aliphatic carbocycles. The van der Waals surface area contributed by atoms with E-state index < -0.39 is 23.3 Å². The van der Waals surface area contributed by atoms with Crippen molar-refractivity contribution in [2.24, 2.45) is 0 Å². The molecule has 0 radical (unpaired) electrons. The quantitative estimate of drug-likeness (QED) is 0.554. The van der Waals surface area contributed by atoms with Crippen LogP contribution in [-0.4, -0.2) is 21.8 Å². The minimum absolute atomic E-state index is 0.152. The summed E-state index contributed by atoms with van der Waals surface area (Å²) in [6.45, 7) is 1.84. The zero-order chi connectivity index (χ0) is 22.0.